The van der Waals surface area contributed by atoms with Crippen molar-refractivity contribution in [1.29, 1.82) is 0 Å². The maximum Gasteiger partial charge on any atom is 0.0794 e. The van der Waals surface area contributed by atoms with E-state index in [0.717, 1.165) is 28.3 Å². The fourth-order valence-corrected chi connectivity index (χ4v) is 4.01. The summed E-state index contributed by atoms with van der Waals surface area (Å²) in [4.78, 5) is 22.4. The molecule has 0 fully saturated rings. The number of nitrogens with zero attached hydrogens (tertiary/aromatic N) is 6. The molecule has 0 saturated carbocycles. The van der Waals surface area contributed by atoms with E-state index in [1.54, 1.807) is 18.6 Å². The van der Waals surface area contributed by atoms with Crippen molar-refractivity contribution in [2.45, 2.75) is 39.2 Å². The van der Waals surface area contributed by atoms with Crippen molar-refractivity contribution in [1.82, 2.24) is 29.7 Å². The Hall–Kier alpha value is -3.52. The predicted molar refractivity (Wildman–Crippen MR) is 136 cm³/mol. The van der Waals surface area contributed by atoms with Crippen LogP contribution in [0.5, 0.6) is 0 Å². The maximum absolute atomic E-state index is 11.2. The Morgan fingerprint density at radius 1 is 0.600 bits per heavy atom. The number of hydrogen-bond acceptors (Lipinski definition) is 7. The van der Waals surface area contributed by atoms with E-state index in [2.05, 4.69) is 35.8 Å². The Labute approximate surface area is 207 Å². The van der Waals surface area contributed by atoms with E-state index in [4.69, 9.17) is 0 Å². The predicted octanol–water partition coefficient (Wildman–Crippen LogP) is 3.64. The summed E-state index contributed by atoms with van der Waals surface area (Å²) in [5.41, 5.74) is 4.99. The number of aromatic nitrogens is 4. The van der Waals surface area contributed by atoms with E-state index in [9.17, 15) is 5.11 Å². The third kappa shape index (κ3) is 8.33. The van der Waals surface area contributed by atoms with E-state index >= 15 is 0 Å². The highest BCUT2D eigenvalue weighted by atomic mass is 16.3. The van der Waals surface area contributed by atoms with Crippen molar-refractivity contribution in [3.8, 4) is 0 Å². The molecule has 4 rings (SSSR count). The molecular weight excluding hydrogens is 436 g/mol. The molecule has 0 radical (unpaired) electrons. The highest BCUT2D eigenvalue weighted by molar-refractivity contribution is 5.13. The van der Waals surface area contributed by atoms with Gasteiger partial charge >= 0.3 is 0 Å². The first-order chi connectivity index (χ1) is 17.1. The topological polar surface area (TPSA) is 78.3 Å². The monoisotopic (exact) mass is 468 g/mol. The van der Waals surface area contributed by atoms with Gasteiger partial charge in [0, 0.05) is 64.1 Å². The summed E-state index contributed by atoms with van der Waals surface area (Å²) < 4.78 is 0. The molecule has 0 amide bonds. The van der Waals surface area contributed by atoms with Crippen LogP contribution >= 0.6 is 0 Å². The molecule has 4 heterocycles. The van der Waals surface area contributed by atoms with E-state index in [1.165, 1.54) is 0 Å². The SMILES string of the molecule is Cc1ccc(CN(Cc2ccccn2)CC(O)CN(Cc2ccccn2)Cc2ccccn2)nc1. The molecule has 1 unspecified atom stereocenters. The van der Waals surface area contributed by atoms with Gasteiger partial charge in [-0.2, -0.15) is 0 Å². The first-order valence-corrected chi connectivity index (χ1v) is 11.9. The van der Waals surface area contributed by atoms with Gasteiger partial charge in [-0.1, -0.05) is 24.3 Å². The zero-order valence-corrected chi connectivity index (χ0v) is 20.1. The Kier molecular flexibility index (Phi) is 9.00. The first-order valence-electron chi connectivity index (χ1n) is 11.9. The van der Waals surface area contributed by atoms with Crippen LogP contribution in [0.4, 0.5) is 0 Å². The summed E-state index contributed by atoms with van der Waals surface area (Å²) in [6.45, 7) is 5.55. The maximum atomic E-state index is 11.2. The number of hydrogen-bond donors (Lipinski definition) is 1. The molecule has 7 heteroatoms. The lowest BCUT2D eigenvalue weighted by atomic mass is 10.2. The third-order valence-electron chi connectivity index (χ3n) is 5.63. The van der Waals surface area contributed by atoms with Crippen LogP contribution in [0.3, 0.4) is 0 Å². The van der Waals surface area contributed by atoms with Crippen molar-refractivity contribution in [2.24, 2.45) is 0 Å². The highest BCUT2D eigenvalue weighted by Crippen LogP contribution is 2.12. The van der Waals surface area contributed by atoms with Gasteiger partial charge in [-0.25, -0.2) is 0 Å². The van der Waals surface area contributed by atoms with Gasteiger partial charge < -0.3 is 5.11 Å². The van der Waals surface area contributed by atoms with Gasteiger partial charge in [0.05, 0.1) is 28.9 Å². The van der Waals surface area contributed by atoms with Crippen molar-refractivity contribution < 1.29 is 5.11 Å². The van der Waals surface area contributed by atoms with E-state index in [-0.39, 0.29) is 0 Å². The summed E-state index contributed by atoms with van der Waals surface area (Å²) in [7, 11) is 0. The van der Waals surface area contributed by atoms with Crippen molar-refractivity contribution in [3.63, 3.8) is 0 Å². The molecule has 0 spiro atoms. The molecule has 0 bridgehead atoms. The molecule has 1 N–H and O–H groups in total. The zero-order chi connectivity index (χ0) is 24.3. The molecule has 4 aromatic rings. The number of pyridine rings is 4. The van der Waals surface area contributed by atoms with E-state index in [0.29, 0.717) is 39.3 Å². The van der Waals surface area contributed by atoms with Gasteiger partial charge in [0.15, 0.2) is 0 Å². The van der Waals surface area contributed by atoms with Crippen LogP contribution in [0.15, 0.2) is 91.5 Å². The zero-order valence-electron chi connectivity index (χ0n) is 20.1. The van der Waals surface area contributed by atoms with Crippen LogP contribution in [0.2, 0.25) is 0 Å². The van der Waals surface area contributed by atoms with Gasteiger partial charge in [0.2, 0.25) is 0 Å². The fraction of sp³-hybridized carbons (Fsp3) is 0.286. The Morgan fingerprint density at radius 2 is 1.03 bits per heavy atom. The van der Waals surface area contributed by atoms with Gasteiger partial charge in [0.1, 0.15) is 0 Å². The molecule has 0 aliphatic carbocycles. The van der Waals surface area contributed by atoms with Crippen molar-refractivity contribution in [2.75, 3.05) is 13.1 Å². The van der Waals surface area contributed by atoms with Crippen molar-refractivity contribution in [3.05, 3.63) is 120 Å². The van der Waals surface area contributed by atoms with E-state index in [1.807, 2.05) is 73.8 Å². The molecule has 7 nitrogen and oxygen atoms in total. The summed E-state index contributed by atoms with van der Waals surface area (Å²) >= 11 is 0. The molecule has 35 heavy (non-hydrogen) atoms. The van der Waals surface area contributed by atoms with Gasteiger partial charge in [-0.15, -0.1) is 0 Å². The van der Waals surface area contributed by atoms with E-state index < -0.39 is 6.10 Å². The minimum Gasteiger partial charge on any atom is -0.390 e. The van der Waals surface area contributed by atoms with Crippen LogP contribution in [0, 0.1) is 6.92 Å². The molecule has 0 aliphatic heterocycles. The second-order valence-corrected chi connectivity index (χ2v) is 8.78. The molecule has 4 aromatic heterocycles. The highest BCUT2D eigenvalue weighted by Gasteiger charge is 2.18. The van der Waals surface area contributed by atoms with Crippen LogP contribution in [-0.4, -0.2) is 54.0 Å². The number of rotatable bonds is 12. The van der Waals surface area contributed by atoms with Crippen molar-refractivity contribution >= 4 is 0 Å². The standard InChI is InChI=1S/C28H32N6O/c1-23-11-12-27(32-16-23)20-34(19-26-10-4-7-15-31-26)22-28(35)21-33(17-24-8-2-5-13-29-24)18-25-9-3-6-14-30-25/h2-16,28,35H,17-22H2,1H3. The normalized spacial score (nSPS) is 12.2. The molecule has 0 aromatic carbocycles. The number of aliphatic hydroxyl groups excluding tert-OH is 1. The van der Waals surface area contributed by atoms with Crippen LogP contribution in [0.25, 0.3) is 0 Å². The summed E-state index contributed by atoms with van der Waals surface area (Å²) in [6.07, 6.45) is 6.71. The Bertz CT molecular complexity index is 1080. The molecule has 0 saturated heterocycles. The smallest absolute Gasteiger partial charge is 0.0794 e. The molecule has 0 aliphatic rings. The van der Waals surface area contributed by atoms with Gasteiger partial charge in [-0.3, -0.25) is 29.7 Å². The Morgan fingerprint density at radius 3 is 1.37 bits per heavy atom. The average molecular weight is 469 g/mol. The number of aryl methyl sites for hydroxylation is 1. The fourth-order valence-electron chi connectivity index (χ4n) is 4.01. The minimum atomic E-state index is -0.573. The third-order valence-corrected chi connectivity index (χ3v) is 5.63. The van der Waals surface area contributed by atoms with Crippen LogP contribution in [-0.2, 0) is 26.2 Å². The minimum absolute atomic E-state index is 0.493. The van der Waals surface area contributed by atoms with Crippen LogP contribution in [0.1, 0.15) is 28.3 Å². The van der Waals surface area contributed by atoms with Gasteiger partial charge in [-0.05, 0) is 55.0 Å². The lowest BCUT2D eigenvalue weighted by Crippen LogP contribution is -2.40. The second-order valence-electron chi connectivity index (χ2n) is 8.78. The van der Waals surface area contributed by atoms with Crippen LogP contribution < -0.4 is 0 Å². The summed E-state index contributed by atoms with van der Waals surface area (Å²) in [6, 6.07) is 21.8. The lowest BCUT2D eigenvalue weighted by molar-refractivity contribution is 0.0615. The average Bonchev–Trinajstić information content (AvgIpc) is 2.87. The molecule has 1 atom stereocenters. The lowest BCUT2D eigenvalue weighted by Gasteiger charge is -2.29. The largest absolute Gasteiger partial charge is 0.390 e. The van der Waals surface area contributed by atoms with Gasteiger partial charge in [0.25, 0.3) is 0 Å². The molecule has 180 valence electrons. The summed E-state index contributed by atoms with van der Waals surface area (Å²) in [5.74, 6) is 0. The summed E-state index contributed by atoms with van der Waals surface area (Å²) in [5, 5.41) is 11.2. The molecular formula is C28H32N6O. The quantitative estimate of drug-likeness (QED) is 0.340. The second kappa shape index (κ2) is 12.8. The number of aliphatic hydroxyl groups is 1. The Balaban J connectivity index is 1.46. The first kappa shape index (κ1) is 24.6.